The summed E-state index contributed by atoms with van der Waals surface area (Å²) in [5.74, 6) is 0.714. The summed E-state index contributed by atoms with van der Waals surface area (Å²) in [6, 6.07) is 0.482. The molecule has 96 valence electrons. The maximum Gasteiger partial charge on any atom is 0.236 e. The number of rotatable bonds is 4. The third-order valence-electron chi connectivity index (χ3n) is 3.95. The molecule has 1 amide bonds. The van der Waals surface area contributed by atoms with E-state index in [1.165, 1.54) is 0 Å². The lowest BCUT2D eigenvalue weighted by Crippen LogP contribution is -2.46. The Morgan fingerprint density at radius 3 is 2.76 bits per heavy atom. The van der Waals surface area contributed by atoms with Gasteiger partial charge in [0.15, 0.2) is 0 Å². The van der Waals surface area contributed by atoms with E-state index in [1.807, 2.05) is 18.9 Å². The minimum atomic E-state index is 0.141. The lowest BCUT2D eigenvalue weighted by atomic mass is 9.94. The van der Waals surface area contributed by atoms with E-state index in [4.69, 9.17) is 0 Å². The standard InChI is InChI=1S/C13H22N2O2/c1-3-10-8-15(7-6-12(10)16)9-13(17)14(2)11-4-5-11/h10-11H,3-9H2,1-2H3. The molecule has 4 nitrogen and oxygen atoms in total. The van der Waals surface area contributed by atoms with E-state index in [0.717, 1.165) is 32.4 Å². The van der Waals surface area contributed by atoms with Crippen molar-refractivity contribution >= 4 is 11.7 Å². The first-order chi connectivity index (χ1) is 8.11. The van der Waals surface area contributed by atoms with Crippen LogP contribution in [-0.2, 0) is 9.59 Å². The van der Waals surface area contributed by atoms with Crippen LogP contribution in [0.15, 0.2) is 0 Å². The molecular formula is C13H22N2O2. The number of piperidine rings is 1. The Balaban J connectivity index is 1.82. The minimum absolute atomic E-state index is 0.141. The van der Waals surface area contributed by atoms with Crippen LogP contribution in [0.5, 0.6) is 0 Å². The molecule has 1 unspecified atom stereocenters. The number of nitrogens with zero attached hydrogens (tertiary/aromatic N) is 2. The molecule has 1 saturated heterocycles. The molecule has 2 rings (SSSR count). The van der Waals surface area contributed by atoms with Gasteiger partial charge in [0.05, 0.1) is 6.54 Å². The zero-order valence-corrected chi connectivity index (χ0v) is 10.8. The van der Waals surface area contributed by atoms with Gasteiger partial charge in [-0.2, -0.15) is 0 Å². The summed E-state index contributed by atoms with van der Waals surface area (Å²) in [6.07, 6.45) is 3.80. The Hall–Kier alpha value is -0.900. The van der Waals surface area contributed by atoms with E-state index in [2.05, 4.69) is 4.90 Å². The second-order valence-electron chi connectivity index (χ2n) is 5.29. The molecule has 1 aliphatic carbocycles. The van der Waals surface area contributed by atoms with Gasteiger partial charge in [-0.25, -0.2) is 0 Å². The number of carbonyl (C=O) groups is 2. The van der Waals surface area contributed by atoms with Crippen LogP contribution in [0.1, 0.15) is 32.6 Å². The normalized spacial score (nSPS) is 26.0. The third-order valence-corrected chi connectivity index (χ3v) is 3.95. The molecule has 2 aliphatic rings. The highest BCUT2D eigenvalue weighted by Gasteiger charge is 2.32. The van der Waals surface area contributed by atoms with Crippen LogP contribution in [0.3, 0.4) is 0 Å². The quantitative estimate of drug-likeness (QED) is 0.731. The van der Waals surface area contributed by atoms with Crippen molar-refractivity contribution < 1.29 is 9.59 Å². The van der Waals surface area contributed by atoms with Crippen molar-refractivity contribution in [3.05, 3.63) is 0 Å². The molecule has 1 aliphatic heterocycles. The number of amides is 1. The van der Waals surface area contributed by atoms with E-state index in [9.17, 15) is 9.59 Å². The summed E-state index contributed by atoms with van der Waals surface area (Å²) < 4.78 is 0. The lowest BCUT2D eigenvalue weighted by molar-refractivity contribution is -0.134. The Morgan fingerprint density at radius 1 is 1.47 bits per heavy atom. The van der Waals surface area contributed by atoms with E-state index < -0.39 is 0 Å². The van der Waals surface area contributed by atoms with E-state index in [0.29, 0.717) is 24.8 Å². The van der Waals surface area contributed by atoms with E-state index in [-0.39, 0.29) is 11.8 Å². The van der Waals surface area contributed by atoms with Crippen LogP contribution >= 0.6 is 0 Å². The molecule has 0 aromatic rings. The first-order valence-electron chi connectivity index (χ1n) is 6.62. The van der Waals surface area contributed by atoms with Crippen molar-refractivity contribution in [1.29, 1.82) is 0 Å². The van der Waals surface area contributed by atoms with Crippen LogP contribution in [-0.4, -0.2) is 54.2 Å². The lowest BCUT2D eigenvalue weighted by Gasteiger charge is -2.31. The number of hydrogen-bond donors (Lipinski definition) is 0. The fourth-order valence-electron chi connectivity index (χ4n) is 2.45. The zero-order valence-electron chi connectivity index (χ0n) is 10.8. The SMILES string of the molecule is CCC1CN(CC(=O)N(C)C2CC2)CCC1=O. The molecule has 1 saturated carbocycles. The summed E-state index contributed by atoms with van der Waals surface area (Å²) in [4.78, 5) is 27.6. The number of likely N-dealkylation sites (tertiary alicyclic amines) is 1. The van der Waals surface area contributed by atoms with Crippen LogP contribution < -0.4 is 0 Å². The third kappa shape index (κ3) is 3.06. The predicted molar refractivity (Wildman–Crippen MR) is 65.6 cm³/mol. The average Bonchev–Trinajstić information content (AvgIpc) is 3.14. The molecule has 4 heteroatoms. The first-order valence-corrected chi connectivity index (χ1v) is 6.62. The van der Waals surface area contributed by atoms with Crippen LogP contribution in [0.4, 0.5) is 0 Å². The Labute approximate surface area is 103 Å². The molecule has 1 atom stereocenters. The van der Waals surface area contributed by atoms with Gasteiger partial charge in [0.1, 0.15) is 5.78 Å². The van der Waals surface area contributed by atoms with Crippen molar-refractivity contribution in [2.75, 3.05) is 26.7 Å². The Bertz CT molecular complexity index is 313. The molecule has 0 aromatic heterocycles. The van der Waals surface area contributed by atoms with Gasteiger partial charge < -0.3 is 4.90 Å². The fourth-order valence-corrected chi connectivity index (χ4v) is 2.45. The average molecular weight is 238 g/mol. The van der Waals surface area contributed by atoms with E-state index >= 15 is 0 Å². The molecule has 0 N–H and O–H groups in total. The zero-order chi connectivity index (χ0) is 12.4. The van der Waals surface area contributed by atoms with Gasteiger partial charge >= 0.3 is 0 Å². The van der Waals surface area contributed by atoms with Gasteiger partial charge in [-0.1, -0.05) is 6.92 Å². The van der Waals surface area contributed by atoms with Gasteiger partial charge in [0, 0.05) is 38.5 Å². The monoisotopic (exact) mass is 238 g/mol. The molecule has 2 fully saturated rings. The van der Waals surface area contributed by atoms with Crippen molar-refractivity contribution in [2.24, 2.45) is 5.92 Å². The number of hydrogen-bond acceptors (Lipinski definition) is 3. The van der Waals surface area contributed by atoms with Gasteiger partial charge in [-0.15, -0.1) is 0 Å². The topological polar surface area (TPSA) is 40.6 Å². The summed E-state index contributed by atoms with van der Waals surface area (Å²) in [7, 11) is 1.90. The highest BCUT2D eigenvalue weighted by Crippen LogP contribution is 2.25. The number of likely N-dealkylation sites (N-methyl/N-ethyl adjacent to an activating group) is 1. The first kappa shape index (κ1) is 12.6. The maximum atomic E-state index is 12.0. The Morgan fingerprint density at radius 2 is 2.18 bits per heavy atom. The van der Waals surface area contributed by atoms with Gasteiger partial charge in [0.25, 0.3) is 0 Å². The summed E-state index contributed by atoms with van der Waals surface area (Å²) in [6.45, 7) is 4.04. The second kappa shape index (κ2) is 5.17. The van der Waals surface area contributed by atoms with E-state index in [1.54, 1.807) is 0 Å². The number of carbonyl (C=O) groups excluding carboxylic acids is 2. The molecule has 0 radical (unpaired) electrons. The smallest absolute Gasteiger partial charge is 0.236 e. The van der Waals surface area contributed by atoms with Gasteiger partial charge in [-0.05, 0) is 19.3 Å². The summed E-state index contributed by atoms with van der Waals surface area (Å²) in [5, 5.41) is 0. The number of Topliss-reactive ketones (excluding diaryl/α,β-unsaturated/α-hetero) is 1. The van der Waals surface area contributed by atoms with Crippen LogP contribution in [0.2, 0.25) is 0 Å². The second-order valence-corrected chi connectivity index (χ2v) is 5.29. The van der Waals surface area contributed by atoms with Crippen molar-refractivity contribution in [1.82, 2.24) is 9.80 Å². The largest absolute Gasteiger partial charge is 0.342 e. The molecule has 0 aromatic carbocycles. The van der Waals surface area contributed by atoms with Gasteiger partial charge in [0.2, 0.25) is 5.91 Å². The molecule has 0 bridgehead atoms. The van der Waals surface area contributed by atoms with Crippen LogP contribution in [0, 0.1) is 5.92 Å². The highest BCUT2D eigenvalue weighted by molar-refractivity contribution is 5.83. The number of ketones is 1. The fraction of sp³-hybridized carbons (Fsp3) is 0.846. The summed E-state index contributed by atoms with van der Waals surface area (Å²) >= 11 is 0. The molecule has 17 heavy (non-hydrogen) atoms. The molecule has 1 heterocycles. The van der Waals surface area contributed by atoms with Crippen molar-refractivity contribution in [3.8, 4) is 0 Å². The summed E-state index contributed by atoms with van der Waals surface area (Å²) in [5.41, 5.74) is 0. The molecule has 0 spiro atoms. The van der Waals surface area contributed by atoms with Crippen molar-refractivity contribution in [2.45, 2.75) is 38.6 Å². The maximum absolute atomic E-state index is 12.0. The van der Waals surface area contributed by atoms with Gasteiger partial charge in [-0.3, -0.25) is 14.5 Å². The van der Waals surface area contributed by atoms with Crippen molar-refractivity contribution in [3.63, 3.8) is 0 Å². The minimum Gasteiger partial charge on any atom is -0.342 e. The molecular weight excluding hydrogens is 216 g/mol. The van der Waals surface area contributed by atoms with Crippen LogP contribution in [0.25, 0.3) is 0 Å². The predicted octanol–water partition coefficient (Wildman–Crippen LogP) is 0.908. The Kier molecular flexibility index (Phi) is 3.82. The highest BCUT2D eigenvalue weighted by atomic mass is 16.2.